The summed E-state index contributed by atoms with van der Waals surface area (Å²) in [6.07, 6.45) is 0.00680. The number of hydrogen-bond donors (Lipinski definition) is 1. The Morgan fingerprint density at radius 1 is 1.25 bits per heavy atom. The number of morpholine rings is 1. The molecule has 1 unspecified atom stereocenters. The van der Waals surface area contributed by atoms with Crippen LogP contribution in [-0.4, -0.2) is 54.3 Å². The van der Waals surface area contributed by atoms with Crippen LogP contribution in [0.25, 0.3) is 5.69 Å². The van der Waals surface area contributed by atoms with Crippen molar-refractivity contribution in [2.75, 3.05) is 32.8 Å². The van der Waals surface area contributed by atoms with Gasteiger partial charge >= 0.3 is 0 Å². The molecule has 2 heterocycles. The van der Waals surface area contributed by atoms with Gasteiger partial charge in [0.05, 0.1) is 23.3 Å². The van der Waals surface area contributed by atoms with Gasteiger partial charge in [-0.15, -0.1) is 0 Å². The van der Waals surface area contributed by atoms with E-state index in [1.165, 1.54) is 0 Å². The van der Waals surface area contributed by atoms with Gasteiger partial charge in [-0.05, 0) is 50.1 Å². The topological polar surface area (TPSA) is 46.5 Å². The van der Waals surface area contributed by atoms with Crippen molar-refractivity contribution in [2.24, 2.45) is 5.92 Å². The Kier molecular flexibility index (Phi) is 6.81. The highest BCUT2D eigenvalue weighted by Crippen LogP contribution is 2.23. The van der Waals surface area contributed by atoms with Crippen LogP contribution in [0.4, 0.5) is 0 Å². The number of aromatic nitrogens is 1. The average Bonchev–Trinajstić information content (AvgIpc) is 2.98. The van der Waals surface area contributed by atoms with E-state index >= 15 is 0 Å². The summed E-state index contributed by atoms with van der Waals surface area (Å²) in [4.78, 5) is 15.2. The number of carbonyl (C=O) groups is 1. The van der Waals surface area contributed by atoms with Crippen LogP contribution in [0.5, 0.6) is 0 Å². The van der Waals surface area contributed by atoms with Crippen molar-refractivity contribution in [1.82, 2.24) is 14.8 Å². The van der Waals surface area contributed by atoms with Crippen molar-refractivity contribution in [3.63, 3.8) is 0 Å². The smallest absolute Gasteiger partial charge is 0.252 e. The molecule has 1 aliphatic heterocycles. The third kappa shape index (κ3) is 4.96. The predicted molar refractivity (Wildman–Crippen MR) is 114 cm³/mol. The van der Waals surface area contributed by atoms with Crippen molar-refractivity contribution >= 4 is 17.5 Å². The number of rotatable bonds is 6. The van der Waals surface area contributed by atoms with E-state index < -0.39 is 0 Å². The molecule has 1 amide bonds. The number of benzene rings is 1. The average molecular weight is 404 g/mol. The molecule has 1 aromatic heterocycles. The Bertz CT molecular complexity index is 812. The summed E-state index contributed by atoms with van der Waals surface area (Å²) in [6, 6.07) is 9.70. The molecular formula is C22H30ClN3O2. The fourth-order valence-corrected chi connectivity index (χ4v) is 3.99. The van der Waals surface area contributed by atoms with Crippen LogP contribution in [-0.2, 0) is 4.74 Å². The van der Waals surface area contributed by atoms with E-state index in [-0.39, 0.29) is 12.0 Å². The van der Waals surface area contributed by atoms with E-state index in [2.05, 4.69) is 40.8 Å². The molecule has 0 spiro atoms. The first-order valence-corrected chi connectivity index (χ1v) is 10.3. The predicted octanol–water partition coefficient (Wildman–Crippen LogP) is 3.83. The number of nitrogens with zero attached hydrogens (tertiary/aromatic N) is 2. The molecule has 28 heavy (non-hydrogen) atoms. The zero-order valence-electron chi connectivity index (χ0n) is 17.2. The SMILES string of the molecule is Cc1ccc(C)n1-c1ccc(Cl)c(C(=O)NCC2CN(CC(C)C)CCO2)c1. The van der Waals surface area contributed by atoms with Gasteiger partial charge in [0.2, 0.25) is 0 Å². The van der Waals surface area contributed by atoms with Crippen LogP contribution >= 0.6 is 11.6 Å². The summed E-state index contributed by atoms with van der Waals surface area (Å²) in [6.45, 7) is 12.6. The van der Waals surface area contributed by atoms with E-state index in [1.54, 1.807) is 6.07 Å². The summed E-state index contributed by atoms with van der Waals surface area (Å²) < 4.78 is 7.94. The van der Waals surface area contributed by atoms with Crippen LogP contribution in [0, 0.1) is 19.8 Å². The molecule has 1 aliphatic rings. The summed E-state index contributed by atoms with van der Waals surface area (Å²) in [5, 5.41) is 3.45. The minimum absolute atomic E-state index is 0.00680. The first kappa shape index (κ1) is 20.9. The van der Waals surface area contributed by atoms with Gasteiger partial charge in [-0.25, -0.2) is 0 Å². The molecule has 2 aromatic rings. The quantitative estimate of drug-likeness (QED) is 0.797. The molecule has 1 N–H and O–H groups in total. The molecule has 0 radical (unpaired) electrons. The van der Waals surface area contributed by atoms with E-state index in [0.29, 0.717) is 29.7 Å². The molecule has 1 atom stereocenters. The third-order valence-electron chi connectivity index (χ3n) is 5.06. The maximum atomic E-state index is 12.8. The Morgan fingerprint density at radius 2 is 1.96 bits per heavy atom. The minimum atomic E-state index is -0.168. The van der Waals surface area contributed by atoms with Crippen LogP contribution in [0.15, 0.2) is 30.3 Å². The fourth-order valence-electron chi connectivity index (χ4n) is 3.79. The monoisotopic (exact) mass is 403 g/mol. The number of ether oxygens (including phenoxy) is 1. The Labute approximate surface area is 172 Å². The Morgan fingerprint density at radius 3 is 2.64 bits per heavy atom. The van der Waals surface area contributed by atoms with E-state index in [0.717, 1.165) is 36.7 Å². The molecule has 0 bridgehead atoms. The van der Waals surface area contributed by atoms with Crippen LogP contribution < -0.4 is 5.32 Å². The van der Waals surface area contributed by atoms with Gasteiger partial charge in [0.1, 0.15) is 0 Å². The van der Waals surface area contributed by atoms with E-state index in [1.807, 2.05) is 26.0 Å². The molecule has 6 heteroatoms. The molecule has 1 aromatic carbocycles. The fraction of sp³-hybridized carbons (Fsp3) is 0.500. The zero-order chi connectivity index (χ0) is 20.3. The van der Waals surface area contributed by atoms with Gasteiger partial charge < -0.3 is 14.6 Å². The molecule has 5 nitrogen and oxygen atoms in total. The summed E-state index contributed by atoms with van der Waals surface area (Å²) >= 11 is 6.32. The van der Waals surface area contributed by atoms with Crippen molar-refractivity contribution in [3.8, 4) is 5.69 Å². The Hall–Kier alpha value is -1.82. The molecule has 0 aliphatic carbocycles. The van der Waals surface area contributed by atoms with Gasteiger partial charge in [0, 0.05) is 43.3 Å². The van der Waals surface area contributed by atoms with Crippen LogP contribution in [0.2, 0.25) is 5.02 Å². The lowest BCUT2D eigenvalue weighted by atomic mass is 10.1. The standard InChI is InChI=1S/C22H30ClN3O2/c1-15(2)13-25-9-10-28-19(14-25)12-24-22(27)20-11-18(7-8-21(20)23)26-16(3)5-6-17(26)4/h5-8,11,15,19H,9-10,12-14H2,1-4H3,(H,24,27). The number of nitrogens with one attached hydrogen (secondary N) is 1. The number of hydrogen-bond acceptors (Lipinski definition) is 3. The Balaban J connectivity index is 1.67. The lowest BCUT2D eigenvalue weighted by Crippen LogP contribution is -2.48. The van der Waals surface area contributed by atoms with Gasteiger partial charge in [-0.3, -0.25) is 9.69 Å². The van der Waals surface area contributed by atoms with Crippen LogP contribution in [0.1, 0.15) is 35.6 Å². The second kappa shape index (κ2) is 9.12. The highest BCUT2D eigenvalue weighted by Gasteiger charge is 2.22. The number of carbonyl (C=O) groups excluding carboxylic acids is 1. The third-order valence-corrected chi connectivity index (χ3v) is 5.39. The molecule has 3 rings (SSSR count). The van der Waals surface area contributed by atoms with Gasteiger partial charge in [-0.2, -0.15) is 0 Å². The number of amides is 1. The first-order chi connectivity index (χ1) is 13.3. The molecule has 152 valence electrons. The van der Waals surface area contributed by atoms with Gasteiger partial charge in [0.15, 0.2) is 0 Å². The molecule has 1 saturated heterocycles. The van der Waals surface area contributed by atoms with E-state index in [9.17, 15) is 4.79 Å². The lowest BCUT2D eigenvalue weighted by Gasteiger charge is -2.34. The maximum absolute atomic E-state index is 12.8. The summed E-state index contributed by atoms with van der Waals surface area (Å²) in [7, 11) is 0. The van der Waals surface area contributed by atoms with Gasteiger partial charge in [0.25, 0.3) is 5.91 Å². The van der Waals surface area contributed by atoms with Crippen LogP contribution in [0.3, 0.4) is 0 Å². The second-order valence-corrected chi connectivity index (χ2v) is 8.38. The van der Waals surface area contributed by atoms with Crippen molar-refractivity contribution in [2.45, 2.75) is 33.8 Å². The molecule has 1 fully saturated rings. The first-order valence-electron chi connectivity index (χ1n) is 9.92. The highest BCUT2D eigenvalue weighted by molar-refractivity contribution is 6.33. The van der Waals surface area contributed by atoms with Crippen molar-refractivity contribution in [3.05, 3.63) is 52.3 Å². The van der Waals surface area contributed by atoms with Crippen molar-refractivity contribution < 1.29 is 9.53 Å². The summed E-state index contributed by atoms with van der Waals surface area (Å²) in [5.74, 6) is 0.453. The second-order valence-electron chi connectivity index (χ2n) is 7.97. The van der Waals surface area contributed by atoms with Crippen molar-refractivity contribution in [1.29, 1.82) is 0 Å². The minimum Gasteiger partial charge on any atom is -0.374 e. The normalized spacial score (nSPS) is 17.9. The van der Waals surface area contributed by atoms with E-state index in [4.69, 9.17) is 16.3 Å². The number of aryl methyl sites for hydroxylation is 2. The number of halogens is 1. The lowest BCUT2D eigenvalue weighted by molar-refractivity contribution is -0.0295. The largest absolute Gasteiger partial charge is 0.374 e. The summed E-state index contributed by atoms with van der Waals surface area (Å²) in [5.41, 5.74) is 3.66. The molecular weight excluding hydrogens is 374 g/mol. The van der Waals surface area contributed by atoms with Gasteiger partial charge in [-0.1, -0.05) is 25.4 Å². The maximum Gasteiger partial charge on any atom is 0.252 e. The zero-order valence-corrected chi connectivity index (χ0v) is 17.9. The molecule has 0 saturated carbocycles. The highest BCUT2D eigenvalue weighted by atomic mass is 35.5.